The van der Waals surface area contributed by atoms with Gasteiger partial charge in [-0.3, -0.25) is 4.90 Å². The summed E-state index contributed by atoms with van der Waals surface area (Å²) >= 11 is 0. The molecule has 1 N–H and O–H groups in total. The zero-order chi connectivity index (χ0) is 20.1. The summed E-state index contributed by atoms with van der Waals surface area (Å²) < 4.78 is 7.94. The van der Waals surface area contributed by atoms with Gasteiger partial charge >= 0.3 is 6.03 Å². The third kappa shape index (κ3) is 5.29. The third-order valence-electron chi connectivity index (χ3n) is 5.82. The molecule has 2 aromatic rings. The molecule has 0 bridgehead atoms. The fourth-order valence-corrected chi connectivity index (χ4v) is 4.16. The molecule has 1 saturated heterocycles. The zero-order valence-corrected chi connectivity index (χ0v) is 17.2. The smallest absolute Gasteiger partial charge is 0.317 e. The summed E-state index contributed by atoms with van der Waals surface area (Å²) in [4.78, 5) is 20.8. The standard InChI is InChI=1S/C22H31N5O2/c1-18(16-26-8-7-23-17-26)24-22(28)27-11-9-25(10-12-27)13-14-29-21-6-5-19-3-2-4-20(19)15-21/h5-8,15,17-18H,2-4,9-14,16H2,1H3,(H,24,28). The lowest BCUT2D eigenvalue weighted by atomic mass is 10.1. The molecule has 2 aliphatic rings. The van der Waals surface area contributed by atoms with Crippen LogP contribution in [0.1, 0.15) is 24.5 Å². The van der Waals surface area contributed by atoms with Crippen LogP contribution in [0.25, 0.3) is 0 Å². The molecular formula is C22H31N5O2. The molecular weight excluding hydrogens is 366 g/mol. The minimum absolute atomic E-state index is 0.0201. The van der Waals surface area contributed by atoms with E-state index in [0.717, 1.165) is 45.0 Å². The quantitative estimate of drug-likeness (QED) is 0.778. The van der Waals surface area contributed by atoms with Crippen molar-refractivity contribution in [2.75, 3.05) is 39.3 Å². The highest BCUT2D eigenvalue weighted by atomic mass is 16.5. The first-order valence-corrected chi connectivity index (χ1v) is 10.7. The zero-order valence-electron chi connectivity index (χ0n) is 17.2. The van der Waals surface area contributed by atoms with Crippen molar-refractivity contribution in [3.63, 3.8) is 0 Å². The summed E-state index contributed by atoms with van der Waals surface area (Å²) in [6.45, 7) is 7.60. The largest absolute Gasteiger partial charge is 0.492 e. The molecule has 1 aliphatic carbocycles. The molecule has 29 heavy (non-hydrogen) atoms. The number of ether oxygens (including phenoxy) is 1. The number of piperazine rings is 1. The van der Waals surface area contributed by atoms with Gasteiger partial charge in [-0.1, -0.05) is 6.07 Å². The summed E-state index contributed by atoms with van der Waals surface area (Å²) in [7, 11) is 0. The highest BCUT2D eigenvalue weighted by molar-refractivity contribution is 5.74. The molecule has 4 rings (SSSR count). The predicted molar refractivity (Wildman–Crippen MR) is 112 cm³/mol. The molecule has 156 valence electrons. The van der Waals surface area contributed by atoms with Gasteiger partial charge in [0, 0.05) is 57.7 Å². The molecule has 2 amide bonds. The van der Waals surface area contributed by atoms with Gasteiger partial charge in [0.05, 0.1) is 6.33 Å². The minimum atomic E-state index is 0.0201. The Morgan fingerprint density at radius 3 is 2.83 bits per heavy atom. The summed E-state index contributed by atoms with van der Waals surface area (Å²) in [6, 6.07) is 6.60. The van der Waals surface area contributed by atoms with Crippen molar-refractivity contribution in [1.29, 1.82) is 0 Å². The van der Waals surface area contributed by atoms with E-state index in [9.17, 15) is 4.79 Å². The van der Waals surface area contributed by atoms with Gasteiger partial charge in [0.2, 0.25) is 0 Å². The number of hydrogen-bond donors (Lipinski definition) is 1. The topological polar surface area (TPSA) is 62.6 Å². The Balaban J connectivity index is 1.14. The van der Waals surface area contributed by atoms with Crippen molar-refractivity contribution in [3.8, 4) is 5.75 Å². The van der Waals surface area contributed by atoms with Crippen molar-refractivity contribution >= 4 is 6.03 Å². The Kier molecular flexibility index (Phi) is 6.34. The first kappa shape index (κ1) is 19.8. The number of nitrogens with one attached hydrogen (secondary N) is 1. The van der Waals surface area contributed by atoms with E-state index in [2.05, 4.69) is 33.4 Å². The number of benzene rings is 1. The molecule has 0 saturated carbocycles. The first-order valence-electron chi connectivity index (χ1n) is 10.7. The molecule has 7 nitrogen and oxygen atoms in total. The Labute approximate surface area is 172 Å². The maximum absolute atomic E-state index is 12.5. The second-order valence-electron chi connectivity index (χ2n) is 8.07. The molecule has 1 unspecified atom stereocenters. The number of amides is 2. The average Bonchev–Trinajstić information content (AvgIpc) is 3.39. The molecule has 0 spiro atoms. The van der Waals surface area contributed by atoms with Crippen LogP contribution in [0.3, 0.4) is 0 Å². The number of urea groups is 1. The van der Waals surface area contributed by atoms with Crippen molar-refractivity contribution < 1.29 is 9.53 Å². The highest BCUT2D eigenvalue weighted by Crippen LogP contribution is 2.25. The second kappa shape index (κ2) is 9.31. The van der Waals surface area contributed by atoms with Crippen LogP contribution in [0, 0.1) is 0 Å². The predicted octanol–water partition coefficient (Wildman–Crippen LogP) is 2.17. The van der Waals surface area contributed by atoms with Crippen molar-refractivity contribution in [2.45, 2.75) is 38.8 Å². The number of carbonyl (C=O) groups is 1. The molecule has 1 aromatic carbocycles. The lowest BCUT2D eigenvalue weighted by Gasteiger charge is -2.35. The number of aromatic nitrogens is 2. The van der Waals surface area contributed by atoms with Gasteiger partial charge in [0.1, 0.15) is 12.4 Å². The van der Waals surface area contributed by atoms with E-state index in [4.69, 9.17) is 4.74 Å². The maximum Gasteiger partial charge on any atom is 0.317 e. The second-order valence-corrected chi connectivity index (χ2v) is 8.07. The average molecular weight is 398 g/mol. The molecule has 1 aliphatic heterocycles. The fraction of sp³-hybridized carbons (Fsp3) is 0.545. The van der Waals surface area contributed by atoms with Crippen molar-refractivity contribution in [1.82, 2.24) is 24.7 Å². The summed E-state index contributed by atoms with van der Waals surface area (Å²) in [5.41, 5.74) is 2.93. The monoisotopic (exact) mass is 397 g/mol. The van der Waals surface area contributed by atoms with Gasteiger partial charge in [0.25, 0.3) is 0 Å². The van der Waals surface area contributed by atoms with Crippen molar-refractivity contribution in [3.05, 3.63) is 48.0 Å². The molecule has 7 heteroatoms. The summed E-state index contributed by atoms with van der Waals surface area (Å²) in [5, 5.41) is 3.08. The van der Waals surface area contributed by atoms with Gasteiger partial charge in [-0.25, -0.2) is 9.78 Å². The Hall–Kier alpha value is -2.54. The van der Waals surface area contributed by atoms with E-state index in [1.165, 1.54) is 30.4 Å². The van der Waals surface area contributed by atoms with Gasteiger partial charge in [-0.2, -0.15) is 0 Å². The lowest BCUT2D eigenvalue weighted by Crippen LogP contribution is -2.54. The van der Waals surface area contributed by atoms with Crippen LogP contribution in [0.2, 0.25) is 0 Å². The van der Waals surface area contributed by atoms with Crippen LogP contribution in [0.15, 0.2) is 36.9 Å². The fourth-order valence-electron chi connectivity index (χ4n) is 4.16. The molecule has 1 fully saturated rings. The molecule has 0 radical (unpaired) electrons. The van der Waals surface area contributed by atoms with Gasteiger partial charge < -0.3 is 19.5 Å². The number of carbonyl (C=O) groups excluding carboxylic acids is 1. The number of hydrogen-bond acceptors (Lipinski definition) is 4. The van der Waals surface area contributed by atoms with Crippen LogP contribution >= 0.6 is 0 Å². The number of nitrogens with zero attached hydrogens (tertiary/aromatic N) is 4. The highest BCUT2D eigenvalue weighted by Gasteiger charge is 2.22. The molecule has 2 heterocycles. The van der Waals surface area contributed by atoms with E-state index in [0.29, 0.717) is 6.61 Å². The van der Waals surface area contributed by atoms with Crippen molar-refractivity contribution in [2.24, 2.45) is 0 Å². The van der Waals surface area contributed by atoms with Crippen LogP contribution in [-0.4, -0.2) is 70.8 Å². The molecule has 1 aromatic heterocycles. The van der Waals surface area contributed by atoms with E-state index in [1.807, 2.05) is 22.6 Å². The Morgan fingerprint density at radius 1 is 1.21 bits per heavy atom. The first-order chi connectivity index (χ1) is 14.2. The molecule has 1 atom stereocenters. The Bertz CT molecular complexity index is 800. The van der Waals surface area contributed by atoms with E-state index in [1.54, 1.807) is 12.5 Å². The number of imidazole rings is 1. The Morgan fingerprint density at radius 2 is 2.03 bits per heavy atom. The van der Waals surface area contributed by atoms with Crippen LogP contribution < -0.4 is 10.1 Å². The van der Waals surface area contributed by atoms with E-state index >= 15 is 0 Å². The summed E-state index contributed by atoms with van der Waals surface area (Å²) in [6.07, 6.45) is 9.08. The minimum Gasteiger partial charge on any atom is -0.492 e. The summed E-state index contributed by atoms with van der Waals surface area (Å²) in [5.74, 6) is 0.982. The SMILES string of the molecule is CC(Cn1ccnc1)NC(=O)N1CCN(CCOc2ccc3c(c2)CCC3)CC1. The third-order valence-corrected chi connectivity index (χ3v) is 5.82. The van der Waals surface area contributed by atoms with Gasteiger partial charge in [-0.05, 0) is 49.4 Å². The number of fused-ring (bicyclic) bond motifs is 1. The number of aryl methyl sites for hydroxylation is 2. The van der Waals surface area contributed by atoms with Crippen LogP contribution in [-0.2, 0) is 19.4 Å². The normalized spacial score (nSPS) is 17.8. The van der Waals surface area contributed by atoms with Crippen LogP contribution in [0.5, 0.6) is 5.75 Å². The maximum atomic E-state index is 12.5. The number of rotatable bonds is 7. The van der Waals surface area contributed by atoms with Gasteiger partial charge in [0.15, 0.2) is 0 Å². The lowest BCUT2D eigenvalue weighted by molar-refractivity contribution is 0.124. The van der Waals surface area contributed by atoms with E-state index in [-0.39, 0.29) is 12.1 Å². The van der Waals surface area contributed by atoms with Crippen LogP contribution in [0.4, 0.5) is 4.79 Å². The van der Waals surface area contributed by atoms with E-state index < -0.39 is 0 Å². The van der Waals surface area contributed by atoms with Gasteiger partial charge in [-0.15, -0.1) is 0 Å².